The van der Waals surface area contributed by atoms with Crippen molar-refractivity contribution >= 4 is 16.6 Å². The molecule has 1 aromatic heterocycles. The third-order valence-corrected chi connectivity index (χ3v) is 3.44. The van der Waals surface area contributed by atoms with Crippen molar-refractivity contribution in [2.75, 3.05) is 0 Å². The Labute approximate surface area is 128 Å². The Kier molecular flexibility index (Phi) is 3.48. The Balaban J connectivity index is 2.28. The van der Waals surface area contributed by atoms with E-state index >= 15 is 0 Å². The highest BCUT2D eigenvalue weighted by molar-refractivity contribution is 5.96. The Morgan fingerprint density at radius 3 is 2.48 bits per heavy atom. The average molecular weight is 318 g/mol. The van der Waals surface area contributed by atoms with Gasteiger partial charge in [0.1, 0.15) is 0 Å². The molecule has 0 spiro atoms. The van der Waals surface area contributed by atoms with E-state index in [9.17, 15) is 23.3 Å². The lowest BCUT2D eigenvalue weighted by Gasteiger charge is -2.12. The van der Waals surface area contributed by atoms with Crippen molar-refractivity contribution < 1.29 is 18.1 Å². The molecule has 0 amide bonds. The monoisotopic (exact) mass is 318 g/mol. The van der Waals surface area contributed by atoms with Crippen molar-refractivity contribution in [3.63, 3.8) is 0 Å². The number of halogens is 3. The lowest BCUT2D eigenvalue weighted by molar-refractivity contribution is -0.384. The number of non-ortho nitro benzene ring substituents is 1. The van der Waals surface area contributed by atoms with Crippen LogP contribution in [0.15, 0.2) is 54.7 Å². The van der Waals surface area contributed by atoms with Crippen LogP contribution >= 0.6 is 0 Å². The molecule has 0 radical (unpaired) electrons. The van der Waals surface area contributed by atoms with Crippen molar-refractivity contribution in [2.24, 2.45) is 0 Å². The van der Waals surface area contributed by atoms with E-state index < -0.39 is 16.7 Å². The molecule has 0 aliphatic rings. The van der Waals surface area contributed by atoms with Crippen molar-refractivity contribution in [1.29, 1.82) is 0 Å². The number of nitro benzene ring substituents is 1. The van der Waals surface area contributed by atoms with Crippen LogP contribution in [-0.4, -0.2) is 9.91 Å². The van der Waals surface area contributed by atoms with Crippen LogP contribution in [0.3, 0.4) is 0 Å². The third kappa shape index (κ3) is 2.73. The van der Waals surface area contributed by atoms with Gasteiger partial charge in [-0.25, -0.2) is 0 Å². The third-order valence-electron chi connectivity index (χ3n) is 3.44. The first-order valence-corrected chi connectivity index (χ1v) is 6.57. The molecule has 23 heavy (non-hydrogen) atoms. The van der Waals surface area contributed by atoms with Gasteiger partial charge in [-0.05, 0) is 23.3 Å². The average Bonchev–Trinajstić information content (AvgIpc) is 2.53. The van der Waals surface area contributed by atoms with Gasteiger partial charge < -0.3 is 0 Å². The molecular weight excluding hydrogens is 309 g/mol. The maximum atomic E-state index is 13.1. The largest absolute Gasteiger partial charge is 0.418 e. The molecule has 0 saturated heterocycles. The van der Waals surface area contributed by atoms with E-state index in [4.69, 9.17) is 0 Å². The molecule has 0 aliphatic heterocycles. The van der Waals surface area contributed by atoms with E-state index in [1.807, 2.05) is 0 Å². The predicted octanol–water partition coefficient (Wildman–Crippen LogP) is 4.83. The molecule has 3 aromatic rings. The van der Waals surface area contributed by atoms with Crippen molar-refractivity contribution in [1.82, 2.24) is 4.98 Å². The van der Waals surface area contributed by atoms with E-state index in [0.717, 1.165) is 6.07 Å². The maximum Gasteiger partial charge on any atom is 0.418 e. The number of nitro groups is 1. The summed E-state index contributed by atoms with van der Waals surface area (Å²) in [6.45, 7) is 0. The van der Waals surface area contributed by atoms with Crippen LogP contribution < -0.4 is 0 Å². The summed E-state index contributed by atoms with van der Waals surface area (Å²) < 4.78 is 39.3. The summed E-state index contributed by atoms with van der Waals surface area (Å²) in [5.74, 6) is 0. The fourth-order valence-electron chi connectivity index (χ4n) is 2.44. The summed E-state index contributed by atoms with van der Waals surface area (Å²) in [7, 11) is 0. The second kappa shape index (κ2) is 5.35. The number of alkyl halides is 3. The molecule has 0 unspecified atom stereocenters. The number of hydrogen-bond donors (Lipinski definition) is 0. The number of para-hydroxylation sites is 1. The van der Waals surface area contributed by atoms with E-state index in [2.05, 4.69) is 4.98 Å². The molecule has 0 aliphatic carbocycles. The van der Waals surface area contributed by atoms with Crippen molar-refractivity contribution in [3.8, 4) is 11.1 Å². The van der Waals surface area contributed by atoms with Gasteiger partial charge in [-0.2, -0.15) is 13.2 Å². The van der Waals surface area contributed by atoms with Gasteiger partial charge in [0.2, 0.25) is 0 Å². The fourth-order valence-corrected chi connectivity index (χ4v) is 2.44. The summed E-state index contributed by atoms with van der Waals surface area (Å²) in [5.41, 5.74) is -0.207. The predicted molar refractivity (Wildman–Crippen MR) is 78.8 cm³/mol. The van der Waals surface area contributed by atoms with Crippen LogP contribution in [0.4, 0.5) is 18.9 Å². The first kappa shape index (κ1) is 15.0. The molecule has 0 atom stereocenters. The summed E-state index contributed by atoms with van der Waals surface area (Å²) in [4.78, 5) is 14.2. The van der Waals surface area contributed by atoms with Crippen molar-refractivity contribution in [2.45, 2.75) is 6.18 Å². The summed E-state index contributed by atoms with van der Waals surface area (Å²) in [5, 5.41) is 11.2. The second-order valence-corrected chi connectivity index (χ2v) is 4.87. The normalized spacial score (nSPS) is 11.6. The Bertz CT molecular complexity index is 907. The van der Waals surface area contributed by atoms with Crippen LogP contribution in [0.25, 0.3) is 22.0 Å². The number of benzene rings is 2. The Morgan fingerprint density at radius 1 is 1.04 bits per heavy atom. The molecule has 116 valence electrons. The Hall–Kier alpha value is -2.96. The second-order valence-electron chi connectivity index (χ2n) is 4.87. The van der Waals surface area contributed by atoms with E-state index in [0.29, 0.717) is 16.5 Å². The SMILES string of the molecule is O=[N+]([O-])c1cccc(-c2ccnc3c(C(F)(F)F)cccc23)c1. The number of fused-ring (bicyclic) bond motifs is 1. The number of nitrogens with zero attached hydrogens (tertiary/aromatic N) is 2. The van der Waals surface area contributed by atoms with Crippen LogP contribution in [0.2, 0.25) is 0 Å². The van der Waals surface area contributed by atoms with Gasteiger partial charge in [-0.1, -0.05) is 24.3 Å². The molecule has 0 bridgehead atoms. The van der Waals surface area contributed by atoms with Gasteiger partial charge in [0, 0.05) is 23.7 Å². The fraction of sp³-hybridized carbons (Fsp3) is 0.0625. The lowest BCUT2D eigenvalue weighted by Crippen LogP contribution is -2.06. The highest BCUT2D eigenvalue weighted by Crippen LogP contribution is 2.37. The number of rotatable bonds is 2. The number of aromatic nitrogens is 1. The van der Waals surface area contributed by atoms with Crippen LogP contribution in [-0.2, 0) is 6.18 Å². The molecule has 3 rings (SSSR count). The maximum absolute atomic E-state index is 13.1. The van der Waals surface area contributed by atoms with Gasteiger partial charge in [-0.15, -0.1) is 0 Å². The lowest BCUT2D eigenvalue weighted by atomic mass is 9.99. The van der Waals surface area contributed by atoms with Gasteiger partial charge >= 0.3 is 6.18 Å². The van der Waals surface area contributed by atoms with E-state index in [1.54, 1.807) is 12.1 Å². The van der Waals surface area contributed by atoms with Gasteiger partial charge in [0.25, 0.3) is 5.69 Å². The summed E-state index contributed by atoms with van der Waals surface area (Å²) in [6.07, 6.45) is -3.25. The smallest absolute Gasteiger partial charge is 0.258 e. The highest BCUT2D eigenvalue weighted by Gasteiger charge is 2.33. The summed E-state index contributed by atoms with van der Waals surface area (Å²) >= 11 is 0. The van der Waals surface area contributed by atoms with Crippen LogP contribution in [0.5, 0.6) is 0 Å². The molecule has 2 aromatic carbocycles. The minimum Gasteiger partial charge on any atom is -0.258 e. The molecule has 7 heteroatoms. The first-order valence-electron chi connectivity index (χ1n) is 6.57. The standard InChI is InChI=1S/C16H9F3N2O2/c17-16(18,19)14-6-2-5-13-12(7-8-20-15(13)14)10-3-1-4-11(9-10)21(22)23/h1-9H. The Morgan fingerprint density at radius 2 is 1.78 bits per heavy atom. The molecule has 1 heterocycles. The van der Waals surface area contributed by atoms with E-state index in [-0.39, 0.29) is 11.2 Å². The van der Waals surface area contributed by atoms with Crippen LogP contribution in [0, 0.1) is 10.1 Å². The highest BCUT2D eigenvalue weighted by atomic mass is 19.4. The molecule has 0 N–H and O–H groups in total. The zero-order valence-electron chi connectivity index (χ0n) is 11.5. The molecule has 0 saturated carbocycles. The summed E-state index contributed by atoms with van der Waals surface area (Å²) in [6, 6.07) is 11.1. The quantitative estimate of drug-likeness (QED) is 0.502. The first-order chi connectivity index (χ1) is 10.9. The zero-order valence-corrected chi connectivity index (χ0v) is 11.5. The molecule has 4 nitrogen and oxygen atoms in total. The van der Waals surface area contributed by atoms with Gasteiger partial charge in [0.15, 0.2) is 0 Å². The molecule has 0 fully saturated rings. The van der Waals surface area contributed by atoms with Gasteiger partial charge in [0.05, 0.1) is 16.0 Å². The van der Waals surface area contributed by atoms with E-state index in [1.165, 1.54) is 36.5 Å². The van der Waals surface area contributed by atoms with Crippen LogP contribution in [0.1, 0.15) is 5.56 Å². The molecular formula is C16H9F3N2O2. The topological polar surface area (TPSA) is 56.0 Å². The zero-order chi connectivity index (χ0) is 16.6. The number of hydrogen-bond acceptors (Lipinski definition) is 3. The minimum absolute atomic E-state index is 0.126. The van der Waals surface area contributed by atoms with Gasteiger partial charge in [-0.3, -0.25) is 15.1 Å². The van der Waals surface area contributed by atoms with Crippen molar-refractivity contribution in [3.05, 3.63) is 70.4 Å². The minimum atomic E-state index is -4.52. The number of pyridine rings is 1.